The fourth-order valence-corrected chi connectivity index (χ4v) is 3.09. The van der Waals surface area contributed by atoms with E-state index in [0.29, 0.717) is 5.92 Å². The van der Waals surface area contributed by atoms with Crippen LogP contribution in [0, 0.1) is 5.92 Å². The number of benzene rings is 2. The van der Waals surface area contributed by atoms with Crippen LogP contribution in [0.4, 0.5) is 11.4 Å². The summed E-state index contributed by atoms with van der Waals surface area (Å²) in [4.78, 5) is 0. The molecule has 0 aromatic heterocycles. The molecular weight excluding hydrogens is 372 g/mol. The van der Waals surface area contributed by atoms with Crippen LogP contribution in [0.2, 0.25) is 0 Å². The Morgan fingerprint density at radius 3 is 2.17 bits per heavy atom. The van der Waals surface area contributed by atoms with Crippen LogP contribution in [0.25, 0.3) is 0 Å². The first-order valence-corrected chi connectivity index (χ1v) is 11.6. The molecule has 0 spiro atoms. The van der Waals surface area contributed by atoms with Gasteiger partial charge in [0.05, 0.1) is 13.2 Å². The van der Waals surface area contributed by atoms with Crippen molar-refractivity contribution in [1.82, 2.24) is 0 Å². The number of hydrogen-bond donors (Lipinski definition) is 2. The molecule has 0 saturated carbocycles. The van der Waals surface area contributed by atoms with Crippen molar-refractivity contribution in [3.05, 3.63) is 48.5 Å². The lowest BCUT2D eigenvalue weighted by Crippen LogP contribution is -2.13. The van der Waals surface area contributed by atoms with E-state index in [1.54, 1.807) is 0 Å². The van der Waals surface area contributed by atoms with Gasteiger partial charge < -0.3 is 20.1 Å². The van der Waals surface area contributed by atoms with E-state index < -0.39 is 0 Å². The van der Waals surface area contributed by atoms with E-state index in [-0.39, 0.29) is 0 Å². The van der Waals surface area contributed by atoms with Gasteiger partial charge >= 0.3 is 0 Å². The Morgan fingerprint density at radius 1 is 0.733 bits per heavy atom. The molecule has 166 valence electrons. The van der Waals surface area contributed by atoms with Gasteiger partial charge in [0.1, 0.15) is 11.5 Å². The Labute approximate surface area is 183 Å². The Kier molecular flexibility index (Phi) is 11.6. The van der Waals surface area contributed by atoms with Gasteiger partial charge in [0, 0.05) is 30.5 Å². The quantitative estimate of drug-likeness (QED) is 0.292. The second-order valence-corrected chi connectivity index (χ2v) is 8.20. The van der Waals surface area contributed by atoms with Crippen molar-refractivity contribution >= 4 is 11.4 Å². The Morgan fingerprint density at radius 2 is 1.43 bits per heavy atom. The number of unbranched alkanes of at least 4 members (excludes halogenated alkanes) is 4. The molecule has 2 aromatic carbocycles. The highest BCUT2D eigenvalue weighted by molar-refractivity contribution is 5.49. The van der Waals surface area contributed by atoms with Gasteiger partial charge in [-0.25, -0.2) is 0 Å². The average molecular weight is 413 g/mol. The molecule has 0 saturated heterocycles. The zero-order valence-electron chi connectivity index (χ0n) is 19.1. The van der Waals surface area contributed by atoms with Crippen LogP contribution in [-0.4, -0.2) is 26.3 Å². The summed E-state index contributed by atoms with van der Waals surface area (Å²) in [7, 11) is 0. The number of anilines is 2. The lowest BCUT2D eigenvalue weighted by atomic mass is 10.1. The monoisotopic (exact) mass is 412 g/mol. The third-order valence-electron chi connectivity index (χ3n) is 4.95. The third kappa shape index (κ3) is 10.4. The van der Waals surface area contributed by atoms with E-state index >= 15 is 0 Å². The zero-order chi connectivity index (χ0) is 21.4. The molecule has 0 aliphatic rings. The van der Waals surface area contributed by atoms with Gasteiger partial charge in [-0.3, -0.25) is 0 Å². The van der Waals surface area contributed by atoms with Gasteiger partial charge in [-0.1, -0.05) is 52.5 Å². The average Bonchev–Trinajstić information content (AvgIpc) is 2.75. The summed E-state index contributed by atoms with van der Waals surface area (Å²) in [6.07, 6.45) is 7.39. The minimum atomic E-state index is 0.661. The summed E-state index contributed by atoms with van der Waals surface area (Å²) in [6, 6.07) is 16.4. The predicted molar refractivity (Wildman–Crippen MR) is 129 cm³/mol. The van der Waals surface area contributed by atoms with E-state index in [2.05, 4.69) is 55.7 Å². The highest BCUT2D eigenvalue weighted by Gasteiger charge is 2.00. The second kappa shape index (κ2) is 14.6. The smallest absolute Gasteiger partial charge is 0.121 e. The molecule has 0 aliphatic carbocycles. The zero-order valence-corrected chi connectivity index (χ0v) is 19.1. The first-order valence-electron chi connectivity index (χ1n) is 11.6. The standard InChI is InChI=1S/C26H40N2O2/c1-4-5-6-7-8-19-29-25-14-12-23(13-15-25)27-17-18-28-24-10-9-11-26(21-24)30-20-16-22(2)3/h9-15,21-22,27-28H,4-8,16-20H2,1-3H3. The lowest BCUT2D eigenvalue weighted by Gasteiger charge is -2.12. The SMILES string of the molecule is CCCCCCCOc1ccc(NCCNc2cccc(OCCC(C)C)c2)cc1. The highest BCUT2D eigenvalue weighted by atomic mass is 16.5. The van der Waals surface area contributed by atoms with Crippen LogP contribution < -0.4 is 20.1 Å². The highest BCUT2D eigenvalue weighted by Crippen LogP contribution is 2.18. The molecule has 0 heterocycles. The molecule has 0 amide bonds. The molecule has 2 N–H and O–H groups in total. The van der Waals surface area contributed by atoms with Crippen molar-refractivity contribution in [1.29, 1.82) is 0 Å². The molecule has 2 aromatic rings. The third-order valence-corrected chi connectivity index (χ3v) is 4.95. The van der Waals surface area contributed by atoms with E-state index in [0.717, 1.165) is 62.0 Å². The number of nitrogens with one attached hydrogen (secondary N) is 2. The van der Waals surface area contributed by atoms with Crippen molar-refractivity contribution in [2.75, 3.05) is 36.9 Å². The summed E-state index contributed by atoms with van der Waals surface area (Å²) in [6.45, 7) is 9.92. The molecule has 4 nitrogen and oxygen atoms in total. The van der Waals surface area contributed by atoms with Crippen LogP contribution in [0.5, 0.6) is 11.5 Å². The summed E-state index contributed by atoms with van der Waals surface area (Å²) in [5, 5.41) is 6.89. The number of ether oxygens (including phenoxy) is 2. The fraction of sp³-hybridized carbons (Fsp3) is 0.538. The van der Waals surface area contributed by atoms with Gasteiger partial charge in [0.15, 0.2) is 0 Å². The summed E-state index contributed by atoms with van der Waals surface area (Å²) < 4.78 is 11.7. The molecule has 4 heteroatoms. The van der Waals surface area contributed by atoms with Gasteiger partial charge in [-0.05, 0) is 55.2 Å². The molecule has 0 radical (unpaired) electrons. The normalized spacial score (nSPS) is 10.8. The Balaban J connectivity index is 1.61. The summed E-state index contributed by atoms with van der Waals surface area (Å²) in [5.41, 5.74) is 2.19. The maximum atomic E-state index is 5.83. The van der Waals surface area contributed by atoms with Gasteiger partial charge in [-0.15, -0.1) is 0 Å². The van der Waals surface area contributed by atoms with Crippen LogP contribution >= 0.6 is 0 Å². The molecule has 0 unspecified atom stereocenters. The van der Waals surface area contributed by atoms with Gasteiger partial charge in [0.2, 0.25) is 0 Å². The van der Waals surface area contributed by atoms with Crippen LogP contribution in [-0.2, 0) is 0 Å². The molecule has 2 rings (SSSR count). The van der Waals surface area contributed by atoms with Crippen LogP contribution in [0.3, 0.4) is 0 Å². The van der Waals surface area contributed by atoms with Crippen molar-refractivity contribution in [2.45, 2.75) is 59.3 Å². The molecular formula is C26H40N2O2. The topological polar surface area (TPSA) is 42.5 Å². The minimum Gasteiger partial charge on any atom is -0.494 e. The maximum absolute atomic E-state index is 5.83. The van der Waals surface area contributed by atoms with Crippen molar-refractivity contribution in [2.24, 2.45) is 5.92 Å². The number of rotatable bonds is 16. The largest absolute Gasteiger partial charge is 0.494 e. The van der Waals surface area contributed by atoms with E-state index in [4.69, 9.17) is 9.47 Å². The Bertz CT molecular complexity index is 686. The fourth-order valence-electron chi connectivity index (χ4n) is 3.09. The molecule has 0 aliphatic heterocycles. The molecule has 0 fully saturated rings. The minimum absolute atomic E-state index is 0.661. The lowest BCUT2D eigenvalue weighted by molar-refractivity contribution is 0.289. The van der Waals surface area contributed by atoms with Gasteiger partial charge in [-0.2, -0.15) is 0 Å². The van der Waals surface area contributed by atoms with E-state index in [1.165, 1.54) is 25.7 Å². The molecule has 0 bridgehead atoms. The summed E-state index contributed by atoms with van der Waals surface area (Å²) in [5.74, 6) is 2.53. The maximum Gasteiger partial charge on any atom is 0.121 e. The van der Waals surface area contributed by atoms with Crippen molar-refractivity contribution < 1.29 is 9.47 Å². The first kappa shape index (κ1) is 23.9. The van der Waals surface area contributed by atoms with Crippen LogP contribution in [0.1, 0.15) is 59.3 Å². The van der Waals surface area contributed by atoms with E-state index in [9.17, 15) is 0 Å². The van der Waals surface area contributed by atoms with Crippen molar-refractivity contribution in [3.8, 4) is 11.5 Å². The molecule has 30 heavy (non-hydrogen) atoms. The van der Waals surface area contributed by atoms with Crippen molar-refractivity contribution in [3.63, 3.8) is 0 Å². The second-order valence-electron chi connectivity index (χ2n) is 8.20. The first-order chi connectivity index (χ1) is 14.7. The predicted octanol–water partition coefficient (Wildman–Crippen LogP) is 6.98. The van der Waals surface area contributed by atoms with Crippen LogP contribution in [0.15, 0.2) is 48.5 Å². The number of hydrogen-bond acceptors (Lipinski definition) is 4. The summed E-state index contributed by atoms with van der Waals surface area (Å²) >= 11 is 0. The molecule has 0 atom stereocenters. The van der Waals surface area contributed by atoms with Gasteiger partial charge in [0.25, 0.3) is 0 Å². The Hall–Kier alpha value is -2.36. The van der Waals surface area contributed by atoms with E-state index in [1.807, 2.05) is 24.3 Å².